The van der Waals surface area contributed by atoms with E-state index in [-0.39, 0.29) is 57.5 Å². The van der Waals surface area contributed by atoms with Crippen LogP contribution in [0.4, 0.5) is 0 Å². The van der Waals surface area contributed by atoms with E-state index in [2.05, 4.69) is 9.97 Å². The third kappa shape index (κ3) is 7.46. The van der Waals surface area contributed by atoms with Crippen LogP contribution in [0.1, 0.15) is 22.8 Å². The number of fused-ring (bicyclic) bond motifs is 8. The summed E-state index contributed by atoms with van der Waals surface area (Å²) in [5.41, 5.74) is 9.04. The Balaban J connectivity index is 1.53. The normalized spacial score (nSPS) is 11.6. The first-order valence-electron chi connectivity index (χ1n) is 20.9. The van der Waals surface area contributed by atoms with Crippen molar-refractivity contribution in [3.63, 3.8) is 0 Å². The molecule has 2 aliphatic rings. The van der Waals surface area contributed by atoms with Crippen LogP contribution >= 0.6 is 0 Å². The second kappa shape index (κ2) is 17.8. The first-order valence-corrected chi connectivity index (χ1v) is 20.9. The van der Waals surface area contributed by atoms with Crippen LogP contribution in [0, 0.1) is 0 Å². The highest BCUT2D eigenvalue weighted by Crippen LogP contribution is 2.49. The van der Waals surface area contributed by atoms with E-state index >= 15 is 0 Å². The molecule has 0 aliphatic carbocycles. The fourth-order valence-corrected chi connectivity index (χ4v) is 8.64. The summed E-state index contributed by atoms with van der Waals surface area (Å²) in [6, 6.07) is 20.8. The van der Waals surface area contributed by atoms with Crippen molar-refractivity contribution >= 4 is 46.4 Å². The van der Waals surface area contributed by atoms with Crippen molar-refractivity contribution in [2.24, 2.45) is 0 Å². The van der Waals surface area contributed by atoms with Crippen LogP contribution in [0.5, 0.6) is 69.0 Å². The van der Waals surface area contributed by atoms with Gasteiger partial charge in [-0.25, -0.2) is 9.97 Å². The highest BCUT2D eigenvalue weighted by atomic mass is 16.5. The Morgan fingerprint density at radius 2 is 0.574 bits per heavy atom. The van der Waals surface area contributed by atoms with E-state index in [4.69, 9.17) is 47.9 Å². The molecule has 8 bridgehead atoms. The maximum atomic E-state index is 11.1. The van der Waals surface area contributed by atoms with Gasteiger partial charge in [-0.1, -0.05) is 0 Å². The summed E-state index contributed by atoms with van der Waals surface area (Å²) >= 11 is 0. The number of hydrogen-bond acceptors (Lipinski definition) is 14. The monoisotopic (exact) mass is 918 g/mol. The van der Waals surface area contributed by atoms with Crippen molar-refractivity contribution in [2.75, 3.05) is 56.9 Å². The smallest absolute Gasteiger partial charge is 0.200 e. The zero-order valence-corrected chi connectivity index (χ0v) is 38.2. The molecule has 0 amide bonds. The summed E-state index contributed by atoms with van der Waals surface area (Å²) in [5, 5.41) is 44.0. The number of H-pyrrole nitrogens is 2. The van der Waals surface area contributed by atoms with Gasteiger partial charge in [0.05, 0.1) is 85.2 Å². The lowest BCUT2D eigenvalue weighted by molar-refractivity contribution is 0.340. The Hall–Kier alpha value is -8.92. The lowest BCUT2D eigenvalue weighted by atomic mass is 10.0. The van der Waals surface area contributed by atoms with Crippen molar-refractivity contribution in [3.8, 4) is 114 Å². The van der Waals surface area contributed by atoms with Crippen molar-refractivity contribution in [2.45, 2.75) is 0 Å². The van der Waals surface area contributed by atoms with Gasteiger partial charge in [0, 0.05) is 56.5 Å². The van der Waals surface area contributed by atoms with Crippen molar-refractivity contribution in [3.05, 3.63) is 95.6 Å². The summed E-state index contributed by atoms with van der Waals surface area (Å²) < 4.78 is 45.7. The molecular weight excluding hydrogens is 873 g/mol. The number of phenols is 4. The van der Waals surface area contributed by atoms with Gasteiger partial charge >= 0.3 is 0 Å². The molecule has 5 heterocycles. The third-order valence-electron chi connectivity index (χ3n) is 11.8. The van der Waals surface area contributed by atoms with E-state index in [0.29, 0.717) is 101 Å². The van der Waals surface area contributed by atoms with Gasteiger partial charge < -0.3 is 68.3 Å². The quantitative estimate of drug-likeness (QED) is 0.0673. The zero-order valence-electron chi connectivity index (χ0n) is 38.2. The van der Waals surface area contributed by atoms with Crippen molar-refractivity contribution in [1.82, 2.24) is 19.9 Å². The predicted octanol–water partition coefficient (Wildman–Crippen LogP) is 10.2. The number of aromatic amines is 2. The van der Waals surface area contributed by atoms with Crippen molar-refractivity contribution in [1.29, 1.82) is 0 Å². The van der Waals surface area contributed by atoms with Crippen LogP contribution < -0.4 is 37.9 Å². The molecule has 0 saturated heterocycles. The van der Waals surface area contributed by atoms with E-state index in [1.807, 2.05) is 48.6 Å². The number of nitrogens with one attached hydrogen (secondary N) is 2. The van der Waals surface area contributed by atoms with Gasteiger partial charge in [0.15, 0.2) is 34.5 Å². The van der Waals surface area contributed by atoms with E-state index in [9.17, 15) is 20.4 Å². The molecule has 4 aromatic carbocycles. The minimum absolute atomic E-state index is 0.0720. The minimum atomic E-state index is -0.176. The standard InChI is InChI=1S/C52H46N4O12/c1-61-37-23-28(57)24-38(62-2)49(37)48-35-15-13-33(55-35)46(26-19-41(65-5)51(59)42(20-26)66-6)31-11-9-29(53-31)45(25-17-39(63-3)50(58)40(18-25)64-4)30-10-12-32(54-30)47(34-14-16-36(48)56-34)27-21-43(67-7)52(60)44(22-27)68-8/h9-24,53,56-60H,1-8H3. The Kier molecular flexibility index (Phi) is 11.6. The largest absolute Gasteiger partial charge is 0.508 e. The lowest BCUT2D eigenvalue weighted by Crippen LogP contribution is -1.96. The molecule has 0 spiro atoms. The van der Waals surface area contributed by atoms with Crippen LogP contribution in [0.3, 0.4) is 0 Å². The molecule has 0 atom stereocenters. The van der Waals surface area contributed by atoms with Gasteiger partial charge in [-0.15, -0.1) is 0 Å². The molecule has 16 nitrogen and oxygen atoms in total. The van der Waals surface area contributed by atoms with Gasteiger partial charge in [-0.2, -0.15) is 0 Å². The maximum Gasteiger partial charge on any atom is 0.200 e. The molecule has 3 aromatic heterocycles. The molecule has 0 unspecified atom stereocenters. The molecule has 16 heteroatoms. The molecule has 346 valence electrons. The topological polar surface area (TPSA) is 212 Å². The summed E-state index contributed by atoms with van der Waals surface area (Å²) in [7, 11) is 11.7. The molecular formula is C52H46N4O12. The molecule has 9 rings (SSSR count). The molecule has 6 N–H and O–H groups in total. The average Bonchev–Trinajstić information content (AvgIpc) is 4.21. The Morgan fingerprint density at radius 1 is 0.324 bits per heavy atom. The fraction of sp³-hybridized carbons (Fsp3) is 0.154. The number of aromatic hydroxyl groups is 4. The van der Waals surface area contributed by atoms with Crippen LogP contribution in [-0.2, 0) is 0 Å². The fourth-order valence-electron chi connectivity index (χ4n) is 8.64. The van der Waals surface area contributed by atoms with Crippen LogP contribution in [0.2, 0.25) is 0 Å². The molecule has 0 saturated carbocycles. The van der Waals surface area contributed by atoms with Crippen LogP contribution in [0.25, 0.3) is 90.9 Å². The zero-order chi connectivity index (χ0) is 48.0. The molecule has 0 fully saturated rings. The van der Waals surface area contributed by atoms with Crippen molar-refractivity contribution < 1.29 is 58.3 Å². The molecule has 68 heavy (non-hydrogen) atoms. The molecule has 2 aliphatic heterocycles. The Labute approximate surface area is 389 Å². The van der Waals surface area contributed by atoms with Gasteiger partial charge in [-0.3, -0.25) is 0 Å². The van der Waals surface area contributed by atoms with E-state index in [1.54, 1.807) is 36.4 Å². The second-order valence-corrected chi connectivity index (χ2v) is 15.4. The van der Waals surface area contributed by atoms with E-state index in [1.165, 1.54) is 69.0 Å². The SMILES string of the molecule is COc1cc(-c2c3nc(c(-c4cc(OC)c(O)c(OC)c4)c4ccc([nH]4)c(-c4c(OC)cc(O)cc4OC)c4nc(c(-c5cc(OC)c(O)c(OC)c5)c5ccc2[nH]5)C=C4)C=C3)cc(OC)c1O. The van der Waals surface area contributed by atoms with Gasteiger partial charge in [0.1, 0.15) is 17.2 Å². The number of aromatic nitrogens is 4. The van der Waals surface area contributed by atoms with Crippen LogP contribution in [0.15, 0.2) is 72.8 Å². The highest BCUT2D eigenvalue weighted by molar-refractivity contribution is 6.02. The highest BCUT2D eigenvalue weighted by Gasteiger charge is 2.26. The molecule has 0 radical (unpaired) electrons. The number of benzene rings is 4. The summed E-state index contributed by atoms with van der Waals surface area (Å²) in [4.78, 5) is 17.9. The summed E-state index contributed by atoms with van der Waals surface area (Å²) in [6.45, 7) is 0. The first kappa shape index (κ1) is 44.3. The number of phenolic OH excluding ortho intramolecular Hbond substituents is 4. The Bertz CT molecular complexity index is 3250. The molecule has 7 aromatic rings. The minimum Gasteiger partial charge on any atom is -0.508 e. The lowest BCUT2D eigenvalue weighted by Gasteiger charge is -2.15. The Morgan fingerprint density at radius 3 is 0.838 bits per heavy atom. The number of hydrogen-bond donors (Lipinski definition) is 6. The average molecular weight is 919 g/mol. The van der Waals surface area contributed by atoms with E-state index < -0.39 is 0 Å². The van der Waals surface area contributed by atoms with Crippen LogP contribution in [-0.4, -0.2) is 97.2 Å². The van der Waals surface area contributed by atoms with Gasteiger partial charge in [-0.05, 0) is 102 Å². The maximum absolute atomic E-state index is 11.1. The van der Waals surface area contributed by atoms with E-state index in [0.717, 1.165) is 0 Å². The number of methoxy groups -OCH3 is 8. The predicted molar refractivity (Wildman–Crippen MR) is 260 cm³/mol. The number of ether oxygens (including phenoxy) is 8. The number of nitrogens with zero attached hydrogens (tertiary/aromatic N) is 2. The summed E-state index contributed by atoms with van der Waals surface area (Å²) in [6.07, 6.45) is 7.49. The van der Waals surface area contributed by atoms with Gasteiger partial charge in [0.2, 0.25) is 17.2 Å². The van der Waals surface area contributed by atoms with Gasteiger partial charge in [0.25, 0.3) is 0 Å². The first-order chi connectivity index (χ1) is 33.0. The second-order valence-electron chi connectivity index (χ2n) is 15.4. The third-order valence-corrected chi connectivity index (χ3v) is 11.8. The summed E-state index contributed by atoms with van der Waals surface area (Å²) in [5.74, 6) is 1.04. The number of rotatable bonds is 12.